The molecule has 1 aromatic rings. The number of carbonyl (C=O) groups excluding carboxylic acids is 1. The third-order valence-corrected chi connectivity index (χ3v) is 3.65. The minimum atomic E-state index is -0.223. The SMILES string of the molecule is CCCC1(C(=O)NCCc2nc(C)no2)CCNC1. The molecular weight excluding hydrogens is 244 g/mol. The summed E-state index contributed by atoms with van der Waals surface area (Å²) in [5.74, 6) is 1.35. The highest BCUT2D eigenvalue weighted by molar-refractivity contribution is 5.83. The average molecular weight is 266 g/mol. The molecular formula is C13H22N4O2. The first-order valence-electron chi connectivity index (χ1n) is 6.94. The predicted molar refractivity (Wildman–Crippen MR) is 70.6 cm³/mol. The van der Waals surface area contributed by atoms with E-state index in [0.29, 0.717) is 24.7 Å². The fourth-order valence-corrected chi connectivity index (χ4v) is 2.66. The van der Waals surface area contributed by atoms with E-state index >= 15 is 0 Å². The van der Waals surface area contributed by atoms with Gasteiger partial charge in [0, 0.05) is 19.5 Å². The Kier molecular flexibility index (Phi) is 4.52. The maximum atomic E-state index is 12.3. The van der Waals surface area contributed by atoms with Crippen molar-refractivity contribution in [2.75, 3.05) is 19.6 Å². The van der Waals surface area contributed by atoms with E-state index in [9.17, 15) is 4.79 Å². The van der Waals surface area contributed by atoms with E-state index in [1.165, 1.54) is 0 Å². The predicted octanol–water partition coefficient (Wildman–Crippen LogP) is 0.817. The number of carbonyl (C=O) groups is 1. The van der Waals surface area contributed by atoms with Crippen LogP contribution < -0.4 is 10.6 Å². The topological polar surface area (TPSA) is 80.1 Å². The highest BCUT2D eigenvalue weighted by atomic mass is 16.5. The van der Waals surface area contributed by atoms with Gasteiger partial charge < -0.3 is 15.2 Å². The van der Waals surface area contributed by atoms with Gasteiger partial charge in [0.15, 0.2) is 5.82 Å². The molecule has 0 aliphatic carbocycles. The first-order valence-corrected chi connectivity index (χ1v) is 6.94. The Hall–Kier alpha value is -1.43. The molecule has 2 heterocycles. The molecule has 19 heavy (non-hydrogen) atoms. The van der Waals surface area contributed by atoms with Crippen molar-refractivity contribution in [3.8, 4) is 0 Å². The van der Waals surface area contributed by atoms with Gasteiger partial charge in [-0.25, -0.2) is 0 Å². The number of hydrogen-bond acceptors (Lipinski definition) is 5. The quantitative estimate of drug-likeness (QED) is 0.796. The molecule has 1 atom stereocenters. The number of hydrogen-bond donors (Lipinski definition) is 2. The molecule has 6 nitrogen and oxygen atoms in total. The summed E-state index contributed by atoms with van der Waals surface area (Å²) in [5, 5.41) is 10.0. The zero-order valence-corrected chi connectivity index (χ0v) is 11.7. The normalized spacial score (nSPS) is 22.6. The first-order chi connectivity index (χ1) is 9.16. The molecule has 0 spiro atoms. The van der Waals surface area contributed by atoms with Crippen LogP contribution in [0.4, 0.5) is 0 Å². The van der Waals surface area contributed by atoms with Crippen molar-refractivity contribution < 1.29 is 9.32 Å². The Morgan fingerprint density at radius 3 is 3.00 bits per heavy atom. The molecule has 1 aliphatic rings. The monoisotopic (exact) mass is 266 g/mol. The molecule has 106 valence electrons. The summed E-state index contributed by atoms with van der Waals surface area (Å²) in [4.78, 5) is 16.5. The van der Waals surface area contributed by atoms with Crippen molar-refractivity contribution in [1.29, 1.82) is 0 Å². The van der Waals surface area contributed by atoms with Gasteiger partial charge in [-0.1, -0.05) is 18.5 Å². The van der Waals surface area contributed by atoms with Crippen molar-refractivity contribution in [2.24, 2.45) is 5.41 Å². The molecule has 0 aromatic carbocycles. The molecule has 0 radical (unpaired) electrons. The number of nitrogens with one attached hydrogen (secondary N) is 2. The summed E-state index contributed by atoms with van der Waals surface area (Å²) >= 11 is 0. The first kappa shape index (κ1) is 14.0. The zero-order valence-electron chi connectivity index (χ0n) is 11.7. The zero-order chi connectivity index (χ0) is 13.7. The highest BCUT2D eigenvalue weighted by Gasteiger charge is 2.39. The van der Waals surface area contributed by atoms with Crippen LogP contribution in [0.1, 0.15) is 37.9 Å². The Balaban J connectivity index is 1.82. The van der Waals surface area contributed by atoms with E-state index in [1.807, 2.05) is 0 Å². The molecule has 1 unspecified atom stereocenters. The van der Waals surface area contributed by atoms with E-state index in [0.717, 1.165) is 32.4 Å². The fraction of sp³-hybridized carbons (Fsp3) is 0.769. The van der Waals surface area contributed by atoms with Crippen molar-refractivity contribution in [3.63, 3.8) is 0 Å². The van der Waals surface area contributed by atoms with Crippen LogP contribution in [-0.2, 0) is 11.2 Å². The smallest absolute Gasteiger partial charge is 0.228 e. The molecule has 1 aliphatic heterocycles. The van der Waals surface area contributed by atoms with Gasteiger partial charge in [0.25, 0.3) is 0 Å². The second-order valence-electron chi connectivity index (χ2n) is 5.20. The lowest BCUT2D eigenvalue weighted by molar-refractivity contribution is -0.130. The van der Waals surface area contributed by atoms with Gasteiger partial charge in [0.05, 0.1) is 5.41 Å². The maximum Gasteiger partial charge on any atom is 0.228 e. The van der Waals surface area contributed by atoms with Crippen LogP contribution in [-0.4, -0.2) is 35.7 Å². The van der Waals surface area contributed by atoms with Crippen LogP contribution in [0.25, 0.3) is 0 Å². The third-order valence-electron chi connectivity index (χ3n) is 3.65. The highest BCUT2D eigenvalue weighted by Crippen LogP contribution is 2.31. The Bertz CT molecular complexity index is 424. The van der Waals surface area contributed by atoms with Crippen LogP contribution in [0.5, 0.6) is 0 Å². The van der Waals surface area contributed by atoms with Gasteiger partial charge in [-0.05, 0) is 26.3 Å². The molecule has 0 saturated carbocycles. The Morgan fingerprint density at radius 2 is 2.42 bits per heavy atom. The van der Waals surface area contributed by atoms with Crippen molar-refractivity contribution in [2.45, 2.75) is 39.5 Å². The molecule has 2 N–H and O–H groups in total. The van der Waals surface area contributed by atoms with Crippen LogP contribution in [0.15, 0.2) is 4.52 Å². The average Bonchev–Trinajstić information content (AvgIpc) is 3.00. The molecule has 0 bridgehead atoms. The summed E-state index contributed by atoms with van der Waals surface area (Å²) in [6.07, 6.45) is 3.47. The number of rotatable bonds is 6. The minimum Gasteiger partial charge on any atom is -0.355 e. The van der Waals surface area contributed by atoms with Crippen LogP contribution in [0.3, 0.4) is 0 Å². The lowest BCUT2D eigenvalue weighted by Gasteiger charge is -2.26. The molecule has 1 aromatic heterocycles. The summed E-state index contributed by atoms with van der Waals surface area (Å²) in [5.41, 5.74) is -0.223. The lowest BCUT2D eigenvalue weighted by Crippen LogP contribution is -2.43. The summed E-state index contributed by atoms with van der Waals surface area (Å²) < 4.78 is 5.02. The molecule has 1 saturated heterocycles. The summed E-state index contributed by atoms with van der Waals surface area (Å²) in [6.45, 7) is 6.16. The molecule has 2 rings (SSSR count). The third kappa shape index (κ3) is 3.32. The lowest BCUT2D eigenvalue weighted by atomic mass is 9.81. The Morgan fingerprint density at radius 1 is 1.58 bits per heavy atom. The van der Waals surface area contributed by atoms with Gasteiger partial charge >= 0.3 is 0 Å². The summed E-state index contributed by atoms with van der Waals surface area (Å²) in [6, 6.07) is 0. The van der Waals surface area contributed by atoms with Crippen LogP contribution >= 0.6 is 0 Å². The molecule has 1 fully saturated rings. The van der Waals surface area contributed by atoms with E-state index in [4.69, 9.17) is 4.52 Å². The van der Waals surface area contributed by atoms with Gasteiger partial charge in [0.1, 0.15) is 0 Å². The van der Waals surface area contributed by atoms with E-state index < -0.39 is 0 Å². The van der Waals surface area contributed by atoms with Gasteiger partial charge in [-0.3, -0.25) is 4.79 Å². The number of aryl methyl sites for hydroxylation is 1. The molecule has 6 heteroatoms. The molecule has 1 amide bonds. The van der Waals surface area contributed by atoms with Gasteiger partial charge in [0.2, 0.25) is 11.8 Å². The largest absolute Gasteiger partial charge is 0.355 e. The number of nitrogens with zero attached hydrogens (tertiary/aromatic N) is 2. The van der Waals surface area contributed by atoms with Gasteiger partial charge in [-0.2, -0.15) is 4.98 Å². The second kappa shape index (κ2) is 6.14. The number of amides is 1. The Labute approximate surface area is 113 Å². The van der Waals surface area contributed by atoms with Crippen LogP contribution in [0.2, 0.25) is 0 Å². The maximum absolute atomic E-state index is 12.3. The van der Waals surface area contributed by atoms with E-state index in [-0.39, 0.29) is 11.3 Å². The van der Waals surface area contributed by atoms with Gasteiger partial charge in [-0.15, -0.1) is 0 Å². The fourth-order valence-electron chi connectivity index (χ4n) is 2.66. The van der Waals surface area contributed by atoms with Crippen LogP contribution in [0, 0.1) is 12.3 Å². The van der Waals surface area contributed by atoms with E-state index in [1.54, 1.807) is 6.92 Å². The van der Waals surface area contributed by atoms with E-state index in [2.05, 4.69) is 27.7 Å². The van der Waals surface area contributed by atoms with Crippen molar-refractivity contribution >= 4 is 5.91 Å². The van der Waals surface area contributed by atoms with Crippen molar-refractivity contribution in [3.05, 3.63) is 11.7 Å². The number of aromatic nitrogens is 2. The second-order valence-corrected chi connectivity index (χ2v) is 5.20. The minimum absolute atomic E-state index is 0.149. The van der Waals surface area contributed by atoms with Crippen molar-refractivity contribution in [1.82, 2.24) is 20.8 Å². The summed E-state index contributed by atoms with van der Waals surface area (Å²) in [7, 11) is 0. The standard InChI is InChI=1S/C13H22N4O2/c1-3-5-13(6-8-14-9-13)12(18)15-7-4-11-16-10(2)17-19-11/h14H,3-9H2,1-2H3,(H,15,18).